The van der Waals surface area contributed by atoms with E-state index < -0.39 is 0 Å². The third-order valence-corrected chi connectivity index (χ3v) is 4.55. The average molecular weight is 264 g/mol. The van der Waals surface area contributed by atoms with E-state index in [4.69, 9.17) is 5.73 Å². The lowest BCUT2D eigenvalue weighted by atomic mass is 10.1. The molecule has 0 radical (unpaired) electrons. The first-order valence-corrected chi connectivity index (χ1v) is 8.15. The van der Waals surface area contributed by atoms with Gasteiger partial charge in [0.15, 0.2) is 0 Å². The lowest BCUT2D eigenvalue weighted by Crippen LogP contribution is -2.34. The van der Waals surface area contributed by atoms with Gasteiger partial charge in [0.05, 0.1) is 0 Å². The summed E-state index contributed by atoms with van der Waals surface area (Å²) in [5, 5.41) is 0. The van der Waals surface area contributed by atoms with Crippen LogP contribution in [0.15, 0.2) is 29.2 Å². The summed E-state index contributed by atoms with van der Waals surface area (Å²) >= 11 is 1.79. The van der Waals surface area contributed by atoms with Crippen molar-refractivity contribution in [1.82, 2.24) is 4.90 Å². The van der Waals surface area contributed by atoms with Gasteiger partial charge in [-0.2, -0.15) is 0 Å². The molecule has 1 atom stereocenters. The molecule has 1 aliphatic heterocycles. The van der Waals surface area contributed by atoms with Crippen molar-refractivity contribution in [2.75, 3.05) is 25.9 Å². The zero-order valence-electron chi connectivity index (χ0n) is 11.3. The van der Waals surface area contributed by atoms with E-state index in [2.05, 4.69) is 35.4 Å². The smallest absolute Gasteiger partial charge is 0.0470 e. The second kappa shape index (κ2) is 7.17. The van der Waals surface area contributed by atoms with Crippen molar-refractivity contribution in [1.29, 1.82) is 0 Å². The van der Waals surface area contributed by atoms with Crippen LogP contribution in [0.25, 0.3) is 0 Å². The summed E-state index contributed by atoms with van der Waals surface area (Å²) in [6.45, 7) is 3.12. The molecule has 2 nitrogen and oxygen atoms in total. The molecule has 0 aromatic heterocycles. The quantitative estimate of drug-likeness (QED) is 0.846. The summed E-state index contributed by atoms with van der Waals surface area (Å²) in [4.78, 5) is 3.89. The van der Waals surface area contributed by atoms with Crippen LogP contribution < -0.4 is 5.73 Å². The highest BCUT2D eigenvalue weighted by Crippen LogP contribution is 2.25. The molecule has 1 unspecified atom stereocenters. The first kappa shape index (κ1) is 13.9. The van der Waals surface area contributed by atoms with Crippen molar-refractivity contribution in [3.05, 3.63) is 29.8 Å². The third-order valence-electron chi connectivity index (χ3n) is 3.81. The molecule has 1 fully saturated rings. The predicted molar refractivity (Wildman–Crippen MR) is 80.1 cm³/mol. The normalized spacial score (nSPS) is 19.4. The zero-order chi connectivity index (χ0) is 12.8. The molecule has 0 bridgehead atoms. The zero-order valence-corrected chi connectivity index (χ0v) is 12.1. The maximum atomic E-state index is 6.01. The van der Waals surface area contributed by atoms with E-state index in [1.54, 1.807) is 11.8 Å². The molecule has 1 aromatic carbocycles. The number of hydrogen-bond acceptors (Lipinski definition) is 3. The molecule has 1 aromatic rings. The monoisotopic (exact) mass is 264 g/mol. The Hall–Kier alpha value is -0.510. The van der Waals surface area contributed by atoms with Crippen LogP contribution in [0.5, 0.6) is 0 Å². The Morgan fingerprint density at radius 3 is 2.22 bits per heavy atom. The van der Waals surface area contributed by atoms with Crippen LogP contribution in [-0.2, 0) is 0 Å². The van der Waals surface area contributed by atoms with E-state index in [-0.39, 0.29) is 0 Å². The number of benzene rings is 1. The first-order valence-electron chi connectivity index (χ1n) is 6.93. The Labute approximate surface area is 115 Å². The van der Waals surface area contributed by atoms with Crippen molar-refractivity contribution in [3.8, 4) is 0 Å². The molecule has 0 amide bonds. The fourth-order valence-corrected chi connectivity index (χ4v) is 3.14. The standard InChI is InChI=1S/C15H24N2S/c1-18-14-8-6-13(7-9-14)15(12-16)17-10-4-2-3-5-11-17/h6-9,15H,2-5,10-12,16H2,1H3. The number of thioether (sulfide) groups is 1. The van der Waals surface area contributed by atoms with Crippen LogP contribution in [0.4, 0.5) is 0 Å². The first-order chi connectivity index (χ1) is 8.85. The lowest BCUT2D eigenvalue weighted by Gasteiger charge is -2.30. The highest BCUT2D eigenvalue weighted by atomic mass is 32.2. The number of likely N-dealkylation sites (tertiary alicyclic amines) is 1. The van der Waals surface area contributed by atoms with E-state index in [0.717, 1.165) is 6.54 Å². The highest BCUT2D eigenvalue weighted by Gasteiger charge is 2.19. The van der Waals surface area contributed by atoms with Crippen molar-refractivity contribution >= 4 is 11.8 Å². The van der Waals surface area contributed by atoms with Crippen molar-refractivity contribution < 1.29 is 0 Å². The Kier molecular flexibility index (Phi) is 5.54. The Morgan fingerprint density at radius 2 is 1.72 bits per heavy atom. The van der Waals surface area contributed by atoms with Gasteiger partial charge in [0, 0.05) is 17.5 Å². The van der Waals surface area contributed by atoms with Gasteiger partial charge in [0.25, 0.3) is 0 Å². The maximum absolute atomic E-state index is 6.01. The van der Waals surface area contributed by atoms with Crippen LogP contribution in [0, 0.1) is 0 Å². The van der Waals surface area contributed by atoms with Crippen molar-refractivity contribution in [2.24, 2.45) is 5.73 Å². The molecule has 2 rings (SSSR count). The fourth-order valence-electron chi connectivity index (χ4n) is 2.73. The van der Waals surface area contributed by atoms with Gasteiger partial charge < -0.3 is 5.73 Å². The molecular formula is C15H24N2S. The van der Waals surface area contributed by atoms with Gasteiger partial charge in [-0.25, -0.2) is 0 Å². The van der Waals surface area contributed by atoms with Gasteiger partial charge in [-0.1, -0.05) is 25.0 Å². The minimum atomic E-state index is 0.402. The molecule has 1 saturated heterocycles. The van der Waals surface area contributed by atoms with E-state index in [1.807, 2.05) is 0 Å². The molecule has 3 heteroatoms. The molecule has 0 saturated carbocycles. The van der Waals surface area contributed by atoms with Crippen LogP contribution in [-0.4, -0.2) is 30.8 Å². The lowest BCUT2D eigenvalue weighted by molar-refractivity contribution is 0.209. The molecule has 2 N–H and O–H groups in total. The van der Waals surface area contributed by atoms with Gasteiger partial charge >= 0.3 is 0 Å². The molecule has 1 aliphatic rings. The average Bonchev–Trinajstić information content (AvgIpc) is 2.70. The van der Waals surface area contributed by atoms with E-state index in [9.17, 15) is 0 Å². The van der Waals surface area contributed by atoms with Gasteiger partial charge in [0.2, 0.25) is 0 Å². The topological polar surface area (TPSA) is 29.3 Å². The largest absolute Gasteiger partial charge is 0.329 e. The fraction of sp³-hybridized carbons (Fsp3) is 0.600. The highest BCUT2D eigenvalue weighted by molar-refractivity contribution is 7.98. The Bertz CT molecular complexity index is 342. The molecule has 0 aliphatic carbocycles. The number of rotatable bonds is 4. The third kappa shape index (κ3) is 3.50. The second-order valence-corrected chi connectivity index (χ2v) is 5.85. The summed E-state index contributed by atoms with van der Waals surface area (Å²) < 4.78 is 0. The number of hydrogen-bond donors (Lipinski definition) is 1. The van der Waals surface area contributed by atoms with E-state index >= 15 is 0 Å². The summed E-state index contributed by atoms with van der Waals surface area (Å²) in [5.41, 5.74) is 7.38. The Morgan fingerprint density at radius 1 is 1.11 bits per heavy atom. The second-order valence-electron chi connectivity index (χ2n) is 4.97. The summed E-state index contributed by atoms with van der Waals surface area (Å²) in [6.07, 6.45) is 7.50. The van der Waals surface area contributed by atoms with Gasteiger partial charge in [-0.3, -0.25) is 4.90 Å². The van der Waals surface area contributed by atoms with Crippen LogP contribution in [0.2, 0.25) is 0 Å². The number of nitrogens with two attached hydrogens (primary N) is 1. The molecule has 1 heterocycles. The van der Waals surface area contributed by atoms with Gasteiger partial charge in [0.1, 0.15) is 0 Å². The summed E-state index contributed by atoms with van der Waals surface area (Å²) in [5.74, 6) is 0. The van der Waals surface area contributed by atoms with Crippen LogP contribution in [0.1, 0.15) is 37.3 Å². The predicted octanol–water partition coefficient (Wildman–Crippen LogP) is 3.28. The molecule has 0 spiro atoms. The molecule has 100 valence electrons. The van der Waals surface area contributed by atoms with Crippen molar-refractivity contribution in [3.63, 3.8) is 0 Å². The summed E-state index contributed by atoms with van der Waals surface area (Å²) in [7, 11) is 0. The van der Waals surface area contributed by atoms with Crippen molar-refractivity contribution in [2.45, 2.75) is 36.6 Å². The Balaban J connectivity index is 2.10. The van der Waals surface area contributed by atoms with E-state index in [0.29, 0.717) is 6.04 Å². The van der Waals surface area contributed by atoms with Crippen LogP contribution >= 0.6 is 11.8 Å². The number of nitrogens with zero attached hydrogens (tertiary/aromatic N) is 1. The van der Waals surface area contributed by atoms with Gasteiger partial charge in [-0.05, 0) is 49.9 Å². The summed E-state index contributed by atoms with van der Waals surface area (Å²) in [6, 6.07) is 9.31. The maximum Gasteiger partial charge on any atom is 0.0470 e. The van der Waals surface area contributed by atoms with E-state index in [1.165, 1.54) is 49.2 Å². The minimum Gasteiger partial charge on any atom is -0.329 e. The van der Waals surface area contributed by atoms with Crippen LogP contribution in [0.3, 0.4) is 0 Å². The molecular weight excluding hydrogens is 240 g/mol. The minimum absolute atomic E-state index is 0.402. The molecule has 18 heavy (non-hydrogen) atoms. The SMILES string of the molecule is CSc1ccc(C(CN)N2CCCCCC2)cc1. The van der Waals surface area contributed by atoms with Gasteiger partial charge in [-0.15, -0.1) is 11.8 Å².